The van der Waals surface area contributed by atoms with E-state index in [9.17, 15) is 0 Å². The molecule has 1 atom stereocenters. The number of hydrogen-bond acceptors (Lipinski definition) is 3. The van der Waals surface area contributed by atoms with Crippen LogP contribution < -0.4 is 5.73 Å². The molecule has 0 bridgehead atoms. The van der Waals surface area contributed by atoms with Gasteiger partial charge in [-0.3, -0.25) is 0 Å². The second kappa shape index (κ2) is 6.86. The predicted octanol–water partition coefficient (Wildman–Crippen LogP) is 4.00. The van der Waals surface area contributed by atoms with Crippen molar-refractivity contribution in [3.05, 3.63) is 65.5 Å². The van der Waals surface area contributed by atoms with E-state index in [0.717, 1.165) is 28.8 Å². The monoisotopic (exact) mass is 318 g/mol. The summed E-state index contributed by atoms with van der Waals surface area (Å²) in [6.07, 6.45) is 0.899. The molecule has 2 aromatic carbocycles. The van der Waals surface area contributed by atoms with Gasteiger partial charge in [-0.15, -0.1) is 0 Å². The predicted molar refractivity (Wildman–Crippen MR) is 96.4 cm³/mol. The molecule has 0 spiro atoms. The second-order valence-electron chi connectivity index (χ2n) is 6.59. The highest BCUT2D eigenvalue weighted by atomic mass is 15.1. The Kier molecular flexibility index (Phi) is 4.64. The standard InChI is InChI=1S/C20H22N4/c1-14(2)11-17(22)20-23-18-5-3-4-6-19(18)24(20)13-16-9-7-15(12-21)8-10-16/h3-10,14,17H,11,13,22H2,1-2H3. The lowest BCUT2D eigenvalue weighted by Gasteiger charge is -2.16. The highest BCUT2D eigenvalue weighted by Crippen LogP contribution is 2.24. The Hall–Kier alpha value is -2.64. The van der Waals surface area contributed by atoms with Crippen LogP contribution in [0.4, 0.5) is 0 Å². The van der Waals surface area contributed by atoms with Crippen molar-refractivity contribution in [3.8, 4) is 6.07 Å². The first-order valence-electron chi connectivity index (χ1n) is 8.28. The average Bonchev–Trinajstić information content (AvgIpc) is 2.94. The molecule has 122 valence electrons. The van der Waals surface area contributed by atoms with E-state index in [0.29, 0.717) is 18.0 Å². The Balaban J connectivity index is 2.02. The molecule has 0 aliphatic carbocycles. The van der Waals surface area contributed by atoms with Crippen LogP contribution >= 0.6 is 0 Å². The second-order valence-corrected chi connectivity index (χ2v) is 6.59. The van der Waals surface area contributed by atoms with Crippen molar-refractivity contribution in [2.45, 2.75) is 32.9 Å². The van der Waals surface area contributed by atoms with Gasteiger partial charge in [0.25, 0.3) is 0 Å². The van der Waals surface area contributed by atoms with Gasteiger partial charge in [-0.1, -0.05) is 38.1 Å². The summed E-state index contributed by atoms with van der Waals surface area (Å²) in [4.78, 5) is 4.78. The first-order valence-corrected chi connectivity index (χ1v) is 8.28. The minimum atomic E-state index is -0.0872. The summed E-state index contributed by atoms with van der Waals surface area (Å²) >= 11 is 0. The molecule has 4 nitrogen and oxygen atoms in total. The van der Waals surface area contributed by atoms with Gasteiger partial charge in [-0.25, -0.2) is 4.98 Å². The van der Waals surface area contributed by atoms with E-state index in [1.54, 1.807) is 0 Å². The van der Waals surface area contributed by atoms with Crippen molar-refractivity contribution in [2.75, 3.05) is 0 Å². The van der Waals surface area contributed by atoms with Crippen LogP contribution in [0.5, 0.6) is 0 Å². The molecular formula is C20H22N4. The molecule has 3 rings (SSSR count). The van der Waals surface area contributed by atoms with E-state index in [4.69, 9.17) is 16.0 Å². The largest absolute Gasteiger partial charge is 0.322 e. The molecule has 0 aliphatic rings. The summed E-state index contributed by atoms with van der Waals surface area (Å²) in [6.45, 7) is 5.05. The lowest BCUT2D eigenvalue weighted by Crippen LogP contribution is -2.19. The summed E-state index contributed by atoms with van der Waals surface area (Å²) in [5.41, 5.74) is 10.3. The molecule has 1 unspecified atom stereocenters. The normalized spacial score (nSPS) is 12.5. The zero-order valence-electron chi connectivity index (χ0n) is 14.1. The fourth-order valence-corrected chi connectivity index (χ4v) is 3.02. The Morgan fingerprint density at radius 2 is 1.83 bits per heavy atom. The van der Waals surface area contributed by atoms with Gasteiger partial charge in [0.05, 0.1) is 28.7 Å². The number of fused-ring (bicyclic) bond motifs is 1. The maximum absolute atomic E-state index is 8.95. The highest BCUT2D eigenvalue weighted by molar-refractivity contribution is 5.76. The number of nitrogens with two attached hydrogens (primary N) is 1. The van der Waals surface area contributed by atoms with Crippen LogP contribution in [-0.4, -0.2) is 9.55 Å². The lowest BCUT2D eigenvalue weighted by molar-refractivity contribution is 0.481. The number of rotatable bonds is 5. The van der Waals surface area contributed by atoms with Gasteiger partial charge in [0.15, 0.2) is 0 Å². The molecule has 1 heterocycles. The van der Waals surface area contributed by atoms with E-state index in [-0.39, 0.29) is 6.04 Å². The third kappa shape index (κ3) is 3.32. The molecule has 4 heteroatoms. The fourth-order valence-electron chi connectivity index (χ4n) is 3.02. The first-order chi connectivity index (χ1) is 11.6. The molecular weight excluding hydrogens is 296 g/mol. The molecule has 1 aromatic heterocycles. The number of nitriles is 1. The molecule has 2 N–H and O–H groups in total. The van der Waals surface area contributed by atoms with Crippen LogP contribution in [0.25, 0.3) is 11.0 Å². The zero-order valence-corrected chi connectivity index (χ0v) is 14.1. The molecule has 0 saturated heterocycles. The molecule has 0 radical (unpaired) electrons. The number of imidazole rings is 1. The van der Waals surface area contributed by atoms with Crippen LogP contribution in [0, 0.1) is 17.2 Å². The van der Waals surface area contributed by atoms with Crippen molar-refractivity contribution in [1.29, 1.82) is 5.26 Å². The minimum absolute atomic E-state index is 0.0872. The van der Waals surface area contributed by atoms with Crippen LogP contribution in [0.3, 0.4) is 0 Å². The van der Waals surface area contributed by atoms with Crippen molar-refractivity contribution in [1.82, 2.24) is 9.55 Å². The smallest absolute Gasteiger partial charge is 0.127 e. The van der Waals surface area contributed by atoms with Gasteiger partial charge in [0, 0.05) is 6.54 Å². The SMILES string of the molecule is CC(C)CC(N)c1nc2ccccc2n1Cc1ccc(C#N)cc1. The van der Waals surface area contributed by atoms with Gasteiger partial charge in [0.1, 0.15) is 5.82 Å². The number of benzene rings is 2. The first kappa shape index (κ1) is 16.2. The lowest BCUT2D eigenvalue weighted by atomic mass is 10.0. The summed E-state index contributed by atoms with van der Waals surface area (Å²) in [7, 11) is 0. The van der Waals surface area contributed by atoms with Crippen molar-refractivity contribution in [3.63, 3.8) is 0 Å². The van der Waals surface area contributed by atoms with Crippen molar-refractivity contribution in [2.24, 2.45) is 11.7 Å². The van der Waals surface area contributed by atoms with Gasteiger partial charge in [-0.05, 0) is 42.2 Å². The number of para-hydroxylation sites is 2. The van der Waals surface area contributed by atoms with Crippen molar-refractivity contribution >= 4 is 11.0 Å². The Labute approximate surface area is 142 Å². The fraction of sp³-hybridized carbons (Fsp3) is 0.300. The molecule has 0 fully saturated rings. The maximum atomic E-state index is 8.95. The Bertz CT molecular complexity index is 869. The summed E-state index contributed by atoms with van der Waals surface area (Å²) in [5.74, 6) is 1.44. The van der Waals surface area contributed by atoms with E-state index < -0.39 is 0 Å². The number of aromatic nitrogens is 2. The summed E-state index contributed by atoms with van der Waals surface area (Å²) < 4.78 is 2.20. The van der Waals surface area contributed by atoms with E-state index in [1.807, 2.05) is 42.5 Å². The molecule has 0 aliphatic heterocycles. The van der Waals surface area contributed by atoms with Crippen LogP contribution in [0.15, 0.2) is 48.5 Å². The quantitative estimate of drug-likeness (QED) is 0.773. The number of nitrogens with zero attached hydrogens (tertiary/aromatic N) is 3. The maximum Gasteiger partial charge on any atom is 0.127 e. The van der Waals surface area contributed by atoms with Gasteiger partial charge in [0.2, 0.25) is 0 Å². The topological polar surface area (TPSA) is 67.6 Å². The van der Waals surface area contributed by atoms with Crippen LogP contribution in [0.1, 0.15) is 43.3 Å². The molecule has 3 aromatic rings. The van der Waals surface area contributed by atoms with Gasteiger partial charge < -0.3 is 10.3 Å². The molecule has 0 saturated carbocycles. The van der Waals surface area contributed by atoms with Crippen LogP contribution in [-0.2, 0) is 6.54 Å². The summed E-state index contributed by atoms with van der Waals surface area (Å²) in [6, 6.07) is 17.9. The average molecular weight is 318 g/mol. The molecule has 24 heavy (non-hydrogen) atoms. The van der Waals surface area contributed by atoms with Crippen molar-refractivity contribution < 1.29 is 0 Å². The minimum Gasteiger partial charge on any atom is -0.322 e. The Morgan fingerprint density at radius 3 is 2.50 bits per heavy atom. The molecule has 0 amide bonds. The van der Waals surface area contributed by atoms with E-state index in [1.165, 1.54) is 0 Å². The van der Waals surface area contributed by atoms with Gasteiger partial charge in [-0.2, -0.15) is 5.26 Å². The van der Waals surface area contributed by atoms with Gasteiger partial charge >= 0.3 is 0 Å². The summed E-state index contributed by atoms with van der Waals surface area (Å²) in [5, 5.41) is 8.95. The van der Waals surface area contributed by atoms with E-state index >= 15 is 0 Å². The zero-order chi connectivity index (χ0) is 17.1. The van der Waals surface area contributed by atoms with E-state index in [2.05, 4.69) is 30.6 Å². The Morgan fingerprint density at radius 1 is 1.12 bits per heavy atom. The highest BCUT2D eigenvalue weighted by Gasteiger charge is 2.18. The third-order valence-corrected chi connectivity index (χ3v) is 4.16. The third-order valence-electron chi connectivity index (χ3n) is 4.16. The van der Waals surface area contributed by atoms with Crippen LogP contribution in [0.2, 0.25) is 0 Å². The number of hydrogen-bond donors (Lipinski definition) is 1.